The van der Waals surface area contributed by atoms with Gasteiger partial charge in [0, 0.05) is 44.1 Å². The summed E-state index contributed by atoms with van der Waals surface area (Å²) in [4.78, 5) is 23.6. The summed E-state index contributed by atoms with van der Waals surface area (Å²) in [6.45, 7) is 2.30. The van der Waals surface area contributed by atoms with Crippen LogP contribution in [0.5, 0.6) is 0 Å². The molecule has 0 amide bonds. The fourth-order valence-electron chi connectivity index (χ4n) is 3.49. The van der Waals surface area contributed by atoms with Gasteiger partial charge in [-0.05, 0) is 18.0 Å². The molecule has 0 radical (unpaired) electrons. The molecular weight excluding hydrogens is 304 g/mol. The van der Waals surface area contributed by atoms with Crippen molar-refractivity contribution in [3.05, 3.63) is 23.0 Å². The van der Waals surface area contributed by atoms with Gasteiger partial charge < -0.3 is 4.90 Å². The molecule has 22 heavy (non-hydrogen) atoms. The van der Waals surface area contributed by atoms with Gasteiger partial charge in [0.2, 0.25) is 0 Å². The van der Waals surface area contributed by atoms with Crippen LogP contribution in [0.3, 0.4) is 0 Å². The molecule has 1 unspecified atom stereocenters. The predicted octanol–water partition coefficient (Wildman–Crippen LogP) is 1.72. The van der Waals surface area contributed by atoms with Crippen molar-refractivity contribution in [1.29, 1.82) is 5.26 Å². The van der Waals surface area contributed by atoms with Crippen LogP contribution >= 0.6 is 11.6 Å². The molecule has 0 spiro atoms. The second kappa shape index (κ2) is 6.55. The molecule has 2 aliphatic heterocycles. The standard InChI is InChI=1S/C14H17ClN6O/c15-13(19-22)12-3-1-2-10-9-20(6-7-21(10)12)14-11(8-16)17-4-5-18-14/h4-5,10,12-13H,1-3,6-7,9H2/t10-,12+,13?/m0/s1. The lowest BCUT2D eigenvalue weighted by Crippen LogP contribution is -2.60. The monoisotopic (exact) mass is 320 g/mol. The molecule has 3 heterocycles. The highest BCUT2D eigenvalue weighted by molar-refractivity contribution is 6.20. The second-order valence-corrected chi connectivity index (χ2v) is 6.10. The van der Waals surface area contributed by atoms with Crippen LogP contribution in [0.15, 0.2) is 17.6 Å². The number of hydrogen-bond acceptors (Lipinski definition) is 7. The first-order chi connectivity index (χ1) is 10.7. The molecule has 7 nitrogen and oxygen atoms in total. The van der Waals surface area contributed by atoms with Crippen molar-refractivity contribution < 1.29 is 0 Å². The summed E-state index contributed by atoms with van der Waals surface area (Å²) in [6, 6.07) is 2.42. The molecule has 2 aliphatic rings. The Labute approximate surface area is 133 Å². The van der Waals surface area contributed by atoms with Gasteiger partial charge in [-0.15, -0.1) is 4.91 Å². The van der Waals surface area contributed by atoms with Crippen LogP contribution in [-0.2, 0) is 0 Å². The summed E-state index contributed by atoms with van der Waals surface area (Å²) in [5.74, 6) is 0.641. The smallest absolute Gasteiger partial charge is 0.183 e. The van der Waals surface area contributed by atoms with Crippen LogP contribution in [0.4, 0.5) is 5.82 Å². The Morgan fingerprint density at radius 2 is 2.18 bits per heavy atom. The molecule has 0 aromatic carbocycles. The molecule has 8 heteroatoms. The molecule has 0 bridgehead atoms. The van der Waals surface area contributed by atoms with Gasteiger partial charge in [0.15, 0.2) is 17.0 Å². The third-order valence-corrected chi connectivity index (χ3v) is 4.86. The zero-order valence-electron chi connectivity index (χ0n) is 12.1. The van der Waals surface area contributed by atoms with Crippen molar-refractivity contribution in [1.82, 2.24) is 14.9 Å². The summed E-state index contributed by atoms with van der Waals surface area (Å²) in [7, 11) is 0. The number of anilines is 1. The Morgan fingerprint density at radius 3 is 2.95 bits per heavy atom. The summed E-state index contributed by atoms with van der Waals surface area (Å²) >= 11 is 6.07. The summed E-state index contributed by atoms with van der Waals surface area (Å²) < 4.78 is 0. The molecule has 0 N–H and O–H groups in total. The van der Waals surface area contributed by atoms with Crippen molar-refractivity contribution in [3.8, 4) is 6.07 Å². The Hall–Kier alpha value is -1.78. The lowest BCUT2D eigenvalue weighted by molar-refractivity contribution is 0.0701. The Morgan fingerprint density at radius 1 is 1.36 bits per heavy atom. The second-order valence-electron chi connectivity index (χ2n) is 5.65. The molecule has 0 saturated carbocycles. The Kier molecular flexibility index (Phi) is 4.50. The van der Waals surface area contributed by atoms with Crippen LogP contribution in [-0.4, -0.2) is 52.1 Å². The number of piperazine rings is 1. The third-order valence-electron chi connectivity index (χ3n) is 4.49. The van der Waals surface area contributed by atoms with E-state index < -0.39 is 5.50 Å². The van der Waals surface area contributed by atoms with E-state index in [1.54, 1.807) is 6.20 Å². The highest BCUT2D eigenvalue weighted by Gasteiger charge is 2.39. The van der Waals surface area contributed by atoms with E-state index >= 15 is 0 Å². The molecule has 116 valence electrons. The van der Waals surface area contributed by atoms with Crippen molar-refractivity contribution in [2.75, 3.05) is 24.5 Å². The first-order valence-electron chi connectivity index (χ1n) is 7.43. The lowest BCUT2D eigenvalue weighted by atomic mass is 9.93. The number of alkyl halides is 1. The van der Waals surface area contributed by atoms with Gasteiger partial charge in [-0.1, -0.05) is 18.0 Å². The predicted molar refractivity (Wildman–Crippen MR) is 82.5 cm³/mol. The van der Waals surface area contributed by atoms with Crippen LogP contribution in [0.2, 0.25) is 0 Å². The molecule has 2 saturated heterocycles. The zero-order chi connectivity index (χ0) is 15.5. The number of nitrogens with zero attached hydrogens (tertiary/aromatic N) is 6. The van der Waals surface area contributed by atoms with Gasteiger partial charge in [-0.2, -0.15) is 5.26 Å². The molecule has 1 aromatic rings. The fraction of sp³-hybridized carbons (Fsp3) is 0.643. The number of piperidine rings is 1. The van der Waals surface area contributed by atoms with Gasteiger partial charge in [0.05, 0.1) is 0 Å². The maximum atomic E-state index is 10.8. The average molecular weight is 321 g/mol. The van der Waals surface area contributed by atoms with Crippen molar-refractivity contribution >= 4 is 17.4 Å². The van der Waals surface area contributed by atoms with E-state index in [2.05, 4.69) is 31.0 Å². The zero-order valence-corrected chi connectivity index (χ0v) is 12.9. The minimum atomic E-state index is -0.694. The van der Waals surface area contributed by atoms with Gasteiger partial charge in [0.1, 0.15) is 6.07 Å². The van der Waals surface area contributed by atoms with Crippen LogP contribution in [0.1, 0.15) is 25.0 Å². The maximum Gasteiger partial charge on any atom is 0.183 e. The normalized spacial score (nSPS) is 26.8. The van der Waals surface area contributed by atoms with Crippen molar-refractivity contribution in [2.45, 2.75) is 36.8 Å². The van der Waals surface area contributed by atoms with Crippen LogP contribution < -0.4 is 4.90 Å². The van der Waals surface area contributed by atoms with Gasteiger partial charge in [-0.3, -0.25) is 4.90 Å². The van der Waals surface area contributed by atoms with Gasteiger partial charge >= 0.3 is 0 Å². The lowest BCUT2D eigenvalue weighted by Gasteiger charge is -2.48. The topological polar surface area (TPSA) is 85.5 Å². The molecule has 2 fully saturated rings. The number of nitriles is 1. The summed E-state index contributed by atoms with van der Waals surface area (Å²) in [6.07, 6.45) is 6.13. The van der Waals surface area contributed by atoms with E-state index in [1.165, 1.54) is 6.20 Å². The first kappa shape index (κ1) is 15.1. The number of halogens is 1. The highest BCUT2D eigenvalue weighted by Crippen LogP contribution is 2.31. The largest absolute Gasteiger partial charge is 0.351 e. The molecular formula is C14H17ClN6O. The molecule has 0 aliphatic carbocycles. The molecule has 1 aromatic heterocycles. The molecule has 3 atom stereocenters. The fourth-order valence-corrected chi connectivity index (χ4v) is 3.76. The van der Waals surface area contributed by atoms with E-state index in [0.717, 1.165) is 38.9 Å². The van der Waals surface area contributed by atoms with E-state index in [0.29, 0.717) is 17.6 Å². The number of nitroso groups, excluding NO2 is 1. The van der Waals surface area contributed by atoms with Gasteiger partial charge in [0.25, 0.3) is 0 Å². The number of fused-ring (bicyclic) bond motifs is 1. The van der Waals surface area contributed by atoms with Gasteiger partial charge in [-0.25, -0.2) is 9.97 Å². The van der Waals surface area contributed by atoms with E-state index in [4.69, 9.17) is 11.6 Å². The number of aromatic nitrogens is 2. The SMILES string of the molecule is N#Cc1nccnc1N1CCN2[C@@H](CCC[C@@H]2C(Cl)N=O)C1. The molecule has 3 rings (SSSR count). The van der Waals surface area contributed by atoms with Crippen LogP contribution in [0, 0.1) is 16.2 Å². The van der Waals surface area contributed by atoms with E-state index in [-0.39, 0.29) is 6.04 Å². The summed E-state index contributed by atoms with van der Waals surface area (Å²) in [5, 5.41) is 12.2. The van der Waals surface area contributed by atoms with E-state index in [1.807, 2.05) is 0 Å². The number of hydrogen-bond donors (Lipinski definition) is 0. The minimum absolute atomic E-state index is 0.0114. The van der Waals surface area contributed by atoms with E-state index in [9.17, 15) is 10.2 Å². The average Bonchev–Trinajstić information content (AvgIpc) is 2.60. The highest BCUT2D eigenvalue weighted by atomic mass is 35.5. The minimum Gasteiger partial charge on any atom is -0.351 e. The third kappa shape index (κ3) is 2.76. The van der Waals surface area contributed by atoms with Crippen molar-refractivity contribution in [2.24, 2.45) is 5.18 Å². The van der Waals surface area contributed by atoms with Crippen molar-refractivity contribution in [3.63, 3.8) is 0 Å². The maximum absolute atomic E-state index is 10.8. The first-order valence-corrected chi connectivity index (χ1v) is 7.86. The summed E-state index contributed by atoms with van der Waals surface area (Å²) in [5.41, 5.74) is -0.339. The van der Waals surface area contributed by atoms with Crippen LogP contribution in [0.25, 0.3) is 0 Å². The quantitative estimate of drug-likeness (QED) is 0.479. The number of rotatable bonds is 3. The Balaban J connectivity index is 1.77. The Bertz CT molecular complexity index is 591.